The Bertz CT molecular complexity index is 769. The van der Waals surface area contributed by atoms with Crippen LogP contribution in [-0.2, 0) is 0 Å². The van der Waals surface area contributed by atoms with Crippen LogP contribution in [0.5, 0.6) is 0 Å². The van der Waals surface area contributed by atoms with Gasteiger partial charge in [-0.15, -0.1) is 0 Å². The summed E-state index contributed by atoms with van der Waals surface area (Å²) in [6.45, 7) is 4.64. The number of rotatable bonds is 1. The molecule has 1 saturated heterocycles. The largest absolute Gasteiger partial charge is 0.353 e. The maximum atomic E-state index is 6.68. The molecule has 2 aromatic rings. The smallest absolute Gasteiger partial charge is 0.124 e. The van der Waals surface area contributed by atoms with Gasteiger partial charge in [0.2, 0.25) is 0 Å². The molecule has 0 amide bonds. The molecule has 0 aromatic heterocycles. The molecular formula is C18H19ClN4. The zero-order chi connectivity index (χ0) is 15.9. The molecule has 0 saturated carbocycles. The summed E-state index contributed by atoms with van der Waals surface area (Å²) in [4.78, 5) is 6.42. The molecule has 2 aliphatic heterocycles. The van der Waals surface area contributed by atoms with E-state index in [-0.39, 0.29) is 0 Å². The molecule has 2 aliphatic rings. The maximum Gasteiger partial charge on any atom is 0.124 e. The fourth-order valence-corrected chi connectivity index (χ4v) is 3.42. The molecule has 2 heterocycles. The first-order chi connectivity index (χ1) is 11.1. The molecule has 4 rings (SSSR count). The number of nitrogens with zero attached hydrogens (tertiary/aromatic N) is 2. The fraction of sp³-hybridized carbons (Fsp3) is 0.278. The van der Waals surface area contributed by atoms with Crippen LogP contribution in [-0.4, -0.2) is 30.8 Å². The third kappa shape index (κ3) is 2.69. The van der Waals surface area contributed by atoms with Gasteiger partial charge in [-0.25, -0.2) is 0 Å². The van der Waals surface area contributed by atoms with Crippen LogP contribution in [0.2, 0.25) is 0 Å². The highest BCUT2D eigenvalue weighted by Gasteiger charge is 2.32. The summed E-state index contributed by atoms with van der Waals surface area (Å²) in [6.07, 6.45) is 1.91. The van der Waals surface area contributed by atoms with E-state index in [1.807, 2.05) is 25.3 Å². The maximum absolute atomic E-state index is 6.68. The van der Waals surface area contributed by atoms with Crippen LogP contribution in [0.4, 0.5) is 22.7 Å². The molecular weight excluding hydrogens is 308 g/mol. The van der Waals surface area contributed by atoms with Gasteiger partial charge in [-0.3, -0.25) is 4.99 Å². The van der Waals surface area contributed by atoms with E-state index in [1.165, 1.54) is 0 Å². The van der Waals surface area contributed by atoms with Gasteiger partial charge in [0, 0.05) is 42.8 Å². The number of para-hydroxylation sites is 1. The van der Waals surface area contributed by atoms with Gasteiger partial charge in [-0.1, -0.05) is 29.8 Å². The lowest BCUT2D eigenvalue weighted by molar-refractivity contribution is 0.459. The number of alkyl halides is 1. The predicted molar refractivity (Wildman–Crippen MR) is 97.9 cm³/mol. The van der Waals surface area contributed by atoms with Crippen molar-refractivity contribution in [1.82, 2.24) is 5.32 Å². The zero-order valence-electron chi connectivity index (χ0n) is 13.0. The minimum absolute atomic E-state index is 0.418. The van der Waals surface area contributed by atoms with Crippen LogP contribution in [0.1, 0.15) is 12.5 Å². The van der Waals surface area contributed by atoms with Gasteiger partial charge in [0.05, 0.1) is 11.4 Å². The molecule has 4 nitrogen and oxygen atoms in total. The topological polar surface area (TPSA) is 39.7 Å². The second-order valence-corrected chi connectivity index (χ2v) is 6.96. The highest BCUT2D eigenvalue weighted by Crippen LogP contribution is 2.37. The Kier molecular flexibility index (Phi) is 3.51. The van der Waals surface area contributed by atoms with Gasteiger partial charge in [0.15, 0.2) is 0 Å². The standard InChI is InChI=1S/C18H19ClN4/c1-18(19)12-20-8-9-23(18)14-6-7-16-17(10-14)22-15-5-3-2-4-13(15)11-21-16/h2-7,10-11,20,22H,8-9,12H2,1H3. The van der Waals surface area contributed by atoms with Gasteiger partial charge < -0.3 is 15.5 Å². The van der Waals surface area contributed by atoms with Gasteiger partial charge in [0.1, 0.15) is 5.00 Å². The van der Waals surface area contributed by atoms with E-state index in [4.69, 9.17) is 11.6 Å². The van der Waals surface area contributed by atoms with E-state index >= 15 is 0 Å². The van der Waals surface area contributed by atoms with Gasteiger partial charge in [-0.05, 0) is 31.2 Å². The van der Waals surface area contributed by atoms with Gasteiger partial charge in [0.25, 0.3) is 0 Å². The summed E-state index contributed by atoms with van der Waals surface area (Å²) >= 11 is 6.68. The first-order valence-corrected chi connectivity index (χ1v) is 8.23. The van der Waals surface area contributed by atoms with Crippen LogP contribution >= 0.6 is 11.6 Å². The molecule has 5 heteroatoms. The van der Waals surface area contributed by atoms with Crippen molar-refractivity contribution in [2.24, 2.45) is 4.99 Å². The van der Waals surface area contributed by atoms with E-state index in [9.17, 15) is 0 Å². The average Bonchev–Trinajstić information content (AvgIpc) is 2.73. The lowest BCUT2D eigenvalue weighted by Gasteiger charge is -2.42. The minimum Gasteiger partial charge on any atom is -0.353 e. The fourth-order valence-electron chi connectivity index (χ4n) is 3.15. The number of aliphatic imine (C=N–C) groups is 1. The number of anilines is 3. The van der Waals surface area contributed by atoms with E-state index in [0.717, 1.165) is 47.9 Å². The van der Waals surface area contributed by atoms with Crippen molar-refractivity contribution in [2.45, 2.75) is 11.9 Å². The number of hydrogen-bond donors (Lipinski definition) is 2. The molecule has 0 radical (unpaired) electrons. The summed E-state index contributed by atoms with van der Waals surface area (Å²) in [7, 11) is 0. The molecule has 1 atom stereocenters. The van der Waals surface area contributed by atoms with Crippen molar-refractivity contribution < 1.29 is 0 Å². The Morgan fingerprint density at radius 3 is 2.91 bits per heavy atom. The average molecular weight is 327 g/mol. The van der Waals surface area contributed by atoms with Crippen LogP contribution < -0.4 is 15.5 Å². The summed E-state index contributed by atoms with van der Waals surface area (Å²) in [6, 6.07) is 14.5. The molecule has 23 heavy (non-hydrogen) atoms. The quantitative estimate of drug-likeness (QED) is 0.527. The van der Waals surface area contributed by atoms with E-state index in [1.54, 1.807) is 0 Å². The minimum atomic E-state index is -0.418. The lowest BCUT2D eigenvalue weighted by atomic mass is 10.1. The van der Waals surface area contributed by atoms with Crippen molar-refractivity contribution >= 4 is 40.6 Å². The van der Waals surface area contributed by atoms with Gasteiger partial charge >= 0.3 is 0 Å². The Morgan fingerprint density at radius 1 is 1.17 bits per heavy atom. The monoisotopic (exact) mass is 326 g/mol. The SMILES string of the molecule is CC1(Cl)CNCCN1c1ccc2c(c1)Nc1ccccc1C=N2. The molecule has 2 N–H and O–H groups in total. The summed E-state index contributed by atoms with van der Waals surface area (Å²) in [5, 5.41) is 6.85. The second-order valence-electron chi connectivity index (χ2n) is 6.14. The third-order valence-electron chi connectivity index (χ3n) is 4.39. The number of piperazine rings is 1. The Hall–Kier alpha value is -2.04. The molecule has 118 valence electrons. The predicted octanol–water partition coefficient (Wildman–Crippen LogP) is 3.86. The second kappa shape index (κ2) is 5.55. The Balaban J connectivity index is 1.73. The number of halogens is 1. The number of nitrogens with one attached hydrogen (secondary N) is 2. The van der Waals surface area contributed by atoms with Crippen LogP contribution in [0.15, 0.2) is 47.5 Å². The first kappa shape index (κ1) is 14.5. The van der Waals surface area contributed by atoms with Crippen molar-refractivity contribution in [3.8, 4) is 0 Å². The lowest BCUT2D eigenvalue weighted by Crippen LogP contribution is -2.56. The summed E-state index contributed by atoms with van der Waals surface area (Å²) < 4.78 is 0. The molecule has 1 fully saturated rings. The van der Waals surface area contributed by atoms with Crippen LogP contribution in [0, 0.1) is 0 Å². The molecule has 0 spiro atoms. The molecule has 1 unspecified atom stereocenters. The van der Waals surface area contributed by atoms with E-state index in [2.05, 4.69) is 50.9 Å². The van der Waals surface area contributed by atoms with Crippen molar-refractivity contribution in [2.75, 3.05) is 29.9 Å². The number of benzene rings is 2. The Labute approximate surface area is 141 Å². The molecule has 2 aromatic carbocycles. The normalized spacial score (nSPS) is 22.8. The zero-order valence-corrected chi connectivity index (χ0v) is 13.8. The highest BCUT2D eigenvalue weighted by atomic mass is 35.5. The third-order valence-corrected chi connectivity index (χ3v) is 4.72. The molecule has 0 aliphatic carbocycles. The number of hydrogen-bond acceptors (Lipinski definition) is 4. The molecule has 0 bridgehead atoms. The number of fused-ring (bicyclic) bond motifs is 2. The first-order valence-electron chi connectivity index (χ1n) is 7.85. The van der Waals surface area contributed by atoms with Crippen LogP contribution in [0.25, 0.3) is 0 Å². The summed E-state index contributed by atoms with van der Waals surface area (Å²) in [5.41, 5.74) is 5.23. The van der Waals surface area contributed by atoms with Crippen molar-refractivity contribution in [1.29, 1.82) is 0 Å². The van der Waals surface area contributed by atoms with Gasteiger partial charge in [-0.2, -0.15) is 0 Å². The van der Waals surface area contributed by atoms with Crippen LogP contribution in [0.3, 0.4) is 0 Å². The van der Waals surface area contributed by atoms with Crippen molar-refractivity contribution in [3.05, 3.63) is 48.0 Å². The van der Waals surface area contributed by atoms with Crippen molar-refractivity contribution in [3.63, 3.8) is 0 Å². The Morgan fingerprint density at radius 2 is 2.04 bits per heavy atom. The highest BCUT2D eigenvalue weighted by molar-refractivity contribution is 6.25. The van der Waals surface area contributed by atoms with E-state index < -0.39 is 5.00 Å². The van der Waals surface area contributed by atoms with E-state index in [0.29, 0.717) is 0 Å². The summed E-state index contributed by atoms with van der Waals surface area (Å²) in [5.74, 6) is 0.